The predicted molar refractivity (Wildman–Crippen MR) is 109 cm³/mol. The number of carbonyl (C=O) groups is 1. The summed E-state index contributed by atoms with van der Waals surface area (Å²) >= 11 is 6.01. The van der Waals surface area contributed by atoms with Gasteiger partial charge in [0.25, 0.3) is 11.5 Å². The van der Waals surface area contributed by atoms with Crippen LogP contribution in [-0.2, 0) is 11.3 Å². The summed E-state index contributed by atoms with van der Waals surface area (Å²) in [5, 5.41) is 1.37. The number of fused-ring (bicyclic) bond motifs is 4. The van der Waals surface area contributed by atoms with E-state index in [1.54, 1.807) is 42.0 Å². The van der Waals surface area contributed by atoms with Crippen LogP contribution in [0.25, 0.3) is 16.4 Å². The van der Waals surface area contributed by atoms with E-state index >= 15 is 0 Å². The fourth-order valence-electron chi connectivity index (χ4n) is 3.92. The second-order valence-electron chi connectivity index (χ2n) is 7.22. The summed E-state index contributed by atoms with van der Waals surface area (Å²) in [6.45, 7) is 0.455. The monoisotopic (exact) mass is 426 g/mol. The summed E-state index contributed by atoms with van der Waals surface area (Å²) in [6.07, 6.45) is 3.29. The van der Waals surface area contributed by atoms with Gasteiger partial charge in [0.05, 0.1) is 29.7 Å². The molecule has 1 aliphatic rings. The molecule has 0 aliphatic carbocycles. The van der Waals surface area contributed by atoms with Gasteiger partial charge in [-0.1, -0.05) is 17.7 Å². The number of nitrogens with zero attached hydrogens (tertiary/aromatic N) is 3. The Morgan fingerprint density at radius 1 is 1.30 bits per heavy atom. The molecule has 9 heteroatoms. The maximum atomic E-state index is 13.7. The Balaban J connectivity index is 1.59. The SMILES string of the molecule is CN(C(=O)c1cn2cc(Cl)ccc2n1)C1COCc2[nH]c(=O)c3cc(F)ccc3c21. The van der Waals surface area contributed by atoms with E-state index in [9.17, 15) is 14.0 Å². The minimum Gasteiger partial charge on any atom is -0.373 e. The molecule has 4 heterocycles. The average Bonchev–Trinajstić information content (AvgIpc) is 3.15. The molecule has 7 nitrogen and oxygen atoms in total. The molecule has 1 unspecified atom stereocenters. The van der Waals surface area contributed by atoms with Crippen molar-refractivity contribution in [2.24, 2.45) is 0 Å². The van der Waals surface area contributed by atoms with E-state index < -0.39 is 17.4 Å². The Labute approximate surface area is 174 Å². The average molecular weight is 427 g/mol. The molecule has 0 saturated heterocycles. The zero-order valence-electron chi connectivity index (χ0n) is 15.9. The third-order valence-electron chi connectivity index (χ3n) is 5.38. The van der Waals surface area contributed by atoms with Crippen molar-refractivity contribution in [3.63, 3.8) is 0 Å². The van der Waals surface area contributed by atoms with E-state index in [1.807, 2.05) is 0 Å². The first-order chi connectivity index (χ1) is 14.4. The summed E-state index contributed by atoms with van der Waals surface area (Å²) in [7, 11) is 1.66. The highest BCUT2D eigenvalue weighted by molar-refractivity contribution is 6.30. The second-order valence-corrected chi connectivity index (χ2v) is 7.66. The van der Waals surface area contributed by atoms with Crippen molar-refractivity contribution in [2.45, 2.75) is 12.6 Å². The molecule has 1 N–H and O–H groups in total. The van der Waals surface area contributed by atoms with Crippen molar-refractivity contribution in [1.82, 2.24) is 19.3 Å². The Hall–Kier alpha value is -3.23. The van der Waals surface area contributed by atoms with Crippen molar-refractivity contribution in [1.29, 1.82) is 0 Å². The van der Waals surface area contributed by atoms with Crippen LogP contribution in [0.3, 0.4) is 0 Å². The number of halogens is 2. The maximum absolute atomic E-state index is 13.7. The number of likely N-dealkylation sites (N-methyl/N-ethyl adjacent to an activating group) is 1. The van der Waals surface area contributed by atoms with Crippen LogP contribution >= 0.6 is 11.6 Å². The Bertz CT molecular complexity index is 1380. The van der Waals surface area contributed by atoms with Crippen molar-refractivity contribution in [3.8, 4) is 0 Å². The third kappa shape index (κ3) is 2.96. The van der Waals surface area contributed by atoms with Gasteiger partial charge in [-0.3, -0.25) is 9.59 Å². The highest BCUT2D eigenvalue weighted by atomic mass is 35.5. The number of hydrogen-bond acceptors (Lipinski definition) is 4. The van der Waals surface area contributed by atoms with Crippen LogP contribution in [0.15, 0.2) is 47.5 Å². The number of rotatable bonds is 2. The van der Waals surface area contributed by atoms with Crippen molar-refractivity contribution >= 4 is 33.9 Å². The van der Waals surface area contributed by atoms with Gasteiger partial charge in [-0.15, -0.1) is 0 Å². The number of nitrogens with one attached hydrogen (secondary N) is 1. The lowest BCUT2D eigenvalue weighted by molar-refractivity contribution is 0.0333. The fraction of sp³-hybridized carbons (Fsp3) is 0.190. The molecular weight excluding hydrogens is 411 g/mol. The van der Waals surface area contributed by atoms with E-state index in [-0.39, 0.29) is 30.2 Å². The molecule has 0 bridgehead atoms. The zero-order chi connectivity index (χ0) is 21.0. The van der Waals surface area contributed by atoms with Crippen LogP contribution in [0.4, 0.5) is 4.39 Å². The lowest BCUT2D eigenvalue weighted by Gasteiger charge is -2.33. The minimum absolute atomic E-state index is 0.212. The summed E-state index contributed by atoms with van der Waals surface area (Å²) in [6, 6.07) is 7.04. The normalized spacial score (nSPS) is 16.0. The van der Waals surface area contributed by atoms with Crippen LogP contribution in [-0.4, -0.2) is 38.8 Å². The first-order valence-electron chi connectivity index (χ1n) is 9.26. The van der Waals surface area contributed by atoms with E-state index in [2.05, 4.69) is 9.97 Å². The Kier molecular flexibility index (Phi) is 4.34. The standard InChI is InChI=1S/C21H16ClFN4O3/c1-26(21(29)15-8-27-7-11(22)2-5-18(27)24-15)17-10-30-9-16-19(17)13-4-3-12(23)6-14(13)20(28)25-16/h2-8,17H,9-10H2,1H3,(H,25,28). The van der Waals surface area contributed by atoms with Crippen LogP contribution < -0.4 is 5.56 Å². The summed E-state index contributed by atoms with van der Waals surface area (Å²) in [5.41, 5.74) is 1.79. The number of imidazole rings is 1. The fourth-order valence-corrected chi connectivity index (χ4v) is 4.09. The quantitative estimate of drug-likeness (QED) is 0.533. The third-order valence-corrected chi connectivity index (χ3v) is 5.61. The first-order valence-corrected chi connectivity index (χ1v) is 9.63. The Morgan fingerprint density at radius 3 is 2.97 bits per heavy atom. The van der Waals surface area contributed by atoms with Crippen LogP contribution in [0.5, 0.6) is 0 Å². The zero-order valence-corrected chi connectivity index (χ0v) is 16.6. The molecule has 1 atom stereocenters. The van der Waals surface area contributed by atoms with Gasteiger partial charge in [-0.25, -0.2) is 9.37 Å². The van der Waals surface area contributed by atoms with Gasteiger partial charge < -0.3 is 19.0 Å². The molecule has 0 radical (unpaired) electrons. The molecule has 3 aromatic heterocycles. The van der Waals surface area contributed by atoms with Gasteiger partial charge in [0.15, 0.2) is 0 Å². The van der Waals surface area contributed by atoms with Crippen LogP contribution in [0, 0.1) is 5.82 Å². The Morgan fingerprint density at radius 2 is 2.13 bits per heavy atom. The molecule has 4 aromatic rings. The lowest BCUT2D eigenvalue weighted by Crippen LogP contribution is -2.37. The molecule has 0 spiro atoms. The van der Waals surface area contributed by atoms with Crippen molar-refractivity contribution < 1.29 is 13.9 Å². The number of pyridine rings is 2. The number of hydrogen-bond donors (Lipinski definition) is 1. The number of aromatic nitrogens is 3. The minimum atomic E-state index is -0.496. The van der Waals surface area contributed by atoms with Crippen LogP contribution in [0.2, 0.25) is 5.02 Å². The second kappa shape index (κ2) is 6.93. The number of aromatic amines is 1. The molecule has 152 valence electrons. The molecule has 0 saturated carbocycles. The van der Waals surface area contributed by atoms with E-state index in [4.69, 9.17) is 16.3 Å². The number of carbonyl (C=O) groups excluding carboxylic acids is 1. The molecule has 30 heavy (non-hydrogen) atoms. The highest BCUT2D eigenvalue weighted by Crippen LogP contribution is 2.33. The van der Waals surface area contributed by atoms with Gasteiger partial charge in [0.1, 0.15) is 17.2 Å². The molecule has 1 aromatic carbocycles. The molecule has 5 rings (SSSR count). The van der Waals surface area contributed by atoms with Gasteiger partial charge >= 0.3 is 0 Å². The smallest absolute Gasteiger partial charge is 0.274 e. The summed E-state index contributed by atoms with van der Waals surface area (Å²) < 4.78 is 21.0. The number of ether oxygens (including phenoxy) is 1. The number of benzene rings is 1. The highest BCUT2D eigenvalue weighted by Gasteiger charge is 2.31. The van der Waals surface area contributed by atoms with Gasteiger partial charge in [-0.05, 0) is 29.7 Å². The van der Waals surface area contributed by atoms with Crippen molar-refractivity contribution in [2.75, 3.05) is 13.7 Å². The molecule has 1 aliphatic heterocycles. The van der Waals surface area contributed by atoms with E-state index in [0.717, 1.165) is 5.56 Å². The molecule has 0 fully saturated rings. The first kappa shape index (κ1) is 18.8. The predicted octanol–water partition coefficient (Wildman–Crippen LogP) is 3.31. The summed E-state index contributed by atoms with van der Waals surface area (Å²) in [4.78, 5) is 34.3. The number of amides is 1. The largest absolute Gasteiger partial charge is 0.373 e. The van der Waals surface area contributed by atoms with Crippen molar-refractivity contribution in [3.05, 3.63) is 80.9 Å². The van der Waals surface area contributed by atoms with E-state index in [1.165, 1.54) is 17.0 Å². The lowest BCUT2D eigenvalue weighted by atomic mass is 9.95. The summed E-state index contributed by atoms with van der Waals surface area (Å²) in [5.74, 6) is -0.804. The molecular formula is C21H16ClFN4O3. The van der Waals surface area contributed by atoms with Gasteiger partial charge in [0.2, 0.25) is 0 Å². The van der Waals surface area contributed by atoms with E-state index in [0.29, 0.717) is 21.7 Å². The topological polar surface area (TPSA) is 79.7 Å². The number of H-pyrrole nitrogens is 1. The molecule has 1 amide bonds. The van der Waals surface area contributed by atoms with Gasteiger partial charge in [0, 0.05) is 30.7 Å². The van der Waals surface area contributed by atoms with Gasteiger partial charge in [-0.2, -0.15) is 0 Å². The van der Waals surface area contributed by atoms with Crippen LogP contribution in [0.1, 0.15) is 27.8 Å². The maximum Gasteiger partial charge on any atom is 0.274 e.